The molecule has 1 aromatic carbocycles. The second-order valence-electron chi connectivity index (χ2n) is 4.63. The van der Waals surface area contributed by atoms with E-state index in [1.807, 2.05) is 36.1 Å². The molecule has 0 N–H and O–H groups in total. The Morgan fingerprint density at radius 1 is 1.30 bits per heavy atom. The highest BCUT2D eigenvalue weighted by atomic mass is 16.5. The molecule has 100 valence electrons. The van der Waals surface area contributed by atoms with Gasteiger partial charge in [-0.3, -0.25) is 0 Å². The van der Waals surface area contributed by atoms with E-state index in [0.717, 1.165) is 30.1 Å². The summed E-state index contributed by atoms with van der Waals surface area (Å²) in [6.45, 7) is 3.31. The molecular weight excluding hydrogens is 252 g/mol. The van der Waals surface area contributed by atoms with Crippen molar-refractivity contribution < 1.29 is 4.74 Å². The number of rotatable bonds is 1. The standard InChI is InChI=1S/C15H14N4O/c1-11-9-12(10-16)18-15(17-11)19-7-4-8-20-14-6-3-2-5-13(14)19/h2-3,5-6,9H,4,7-8H2,1H3. The summed E-state index contributed by atoms with van der Waals surface area (Å²) in [5.41, 5.74) is 2.11. The monoisotopic (exact) mass is 266 g/mol. The third-order valence-electron chi connectivity index (χ3n) is 3.14. The second-order valence-corrected chi connectivity index (χ2v) is 4.63. The van der Waals surface area contributed by atoms with Gasteiger partial charge in [-0.2, -0.15) is 5.26 Å². The highest BCUT2D eigenvalue weighted by Crippen LogP contribution is 2.34. The maximum atomic E-state index is 9.05. The predicted molar refractivity (Wildman–Crippen MR) is 75.0 cm³/mol. The van der Waals surface area contributed by atoms with E-state index in [-0.39, 0.29) is 0 Å². The number of aromatic nitrogens is 2. The SMILES string of the molecule is Cc1cc(C#N)nc(N2CCCOc3ccccc32)n1. The molecule has 1 aromatic heterocycles. The number of fused-ring (bicyclic) bond motifs is 1. The molecule has 3 rings (SSSR count). The van der Waals surface area contributed by atoms with Gasteiger partial charge in [0.15, 0.2) is 0 Å². The summed E-state index contributed by atoms with van der Waals surface area (Å²) >= 11 is 0. The van der Waals surface area contributed by atoms with Crippen molar-refractivity contribution in [1.29, 1.82) is 5.26 Å². The fraction of sp³-hybridized carbons (Fsp3) is 0.267. The van der Waals surface area contributed by atoms with Gasteiger partial charge in [0.2, 0.25) is 5.95 Å². The average Bonchev–Trinajstić information content (AvgIpc) is 2.69. The lowest BCUT2D eigenvalue weighted by molar-refractivity contribution is 0.322. The third-order valence-corrected chi connectivity index (χ3v) is 3.14. The van der Waals surface area contributed by atoms with Gasteiger partial charge in [-0.1, -0.05) is 12.1 Å². The predicted octanol–water partition coefficient (Wildman–Crippen LogP) is 2.58. The molecule has 2 heterocycles. The van der Waals surface area contributed by atoms with Crippen molar-refractivity contribution in [2.75, 3.05) is 18.1 Å². The number of hydrogen-bond acceptors (Lipinski definition) is 5. The normalized spacial score (nSPS) is 13.9. The van der Waals surface area contributed by atoms with Crippen LogP contribution in [0.1, 0.15) is 17.8 Å². The molecule has 0 bridgehead atoms. The molecule has 0 saturated heterocycles. The van der Waals surface area contributed by atoms with Crippen LogP contribution in [0.4, 0.5) is 11.6 Å². The van der Waals surface area contributed by atoms with Gasteiger partial charge in [-0.15, -0.1) is 0 Å². The van der Waals surface area contributed by atoms with Crippen LogP contribution in [0.15, 0.2) is 30.3 Å². The van der Waals surface area contributed by atoms with Crippen LogP contribution in [0, 0.1) is 18.3 Å². The van der Waals surface area contributed by atoms with Gasteiger partial charge < -0.3 is 9.64 Å². The highest BCUT2D eigenvalue weighted by Gasteiger charge is 2.20. The Morgan fingerprint density at radius 2 is 2.15 bits per heavy atom. The van der Waals surface area contributed by atoms with E-state index < -0.39 is 0 Å². The van der Waals surface area contributed by atoms with Crippen LogP contribution in [0.5, 0.6) is 5.75 Å². The molecule has 0 radical (unpaired) electrons. The van der Waals surface area contributed by atoms with Crippen molar-refractivity contribution in [1.82, 2.24) is 9.97 Å². The number of nitriles is 1. The number of para-hydroxylation sites is 2. The molecular formula is C15H14N4O. The average molecular weight is 266 g/mol. The van der Waals surface area contributed by atoms with Gasteiger partial charge in [0.25, 0.3) is 0 Å². The van der Waals surface area contributed by atoms with Gasteiger partial charge in [0.05, 0.1) is 12.3 Å². The minimum Gasteiger partial charge on any atom is -0.491 e. The number of nitrogens with zero attached hydrogens (tertiary/aromatic N) is 4. The Labute approximate surface area is 117 Å². The smallest absolute Gasteiger partial charge is 0.231 e. The molecule has 0 fully saturated rings. The third kappa shape index (κ3) is 2.28. The summed E-state index contributed by atoms with van der Waals surface area (Å²) in [6.07, 6.45) is 0.883. The van der Waals surface area contributed by atoms with E-state index in [2.05, 4.69) is 16.0 Å². The summed E-state index contributed by atoms with van der Waals surface area (Å²) in [5.74, 6) is 1.38. The lowest BCUT2D eigenvalue weighted by Crippen LogP contribution is -2.20. The van der Waals surface area contributed by atoms with E-state index in [1.54, 1.807) is 6.07 Å². The maximum Gasteiger partial charge on any atom is 0.231 e. The molecule has 20 heavy (non-hydrogen) atoms. The number of anilines is 2. The van der Waals surface area contributed by atoms with Crippen molar-refractivity contribution in [2.24, 2.45) is 0 Å². The molecule has 0 saturated carbocycles. The first-order valence-electron chi connectivity index (χ1n) is 6.53. The van der Waals surface area contributed by atoms with Crippen LogP contribution in [0.25, 0.3) is 0 Å². The number of aryl methyl sites for hydroxylation is 1. The van der Waals surface area contributed by atoms with Crippen LogP contribution in [-0.4, -0.2) is 23.1 Å². The lowest BCUT2D eigenvalue weighted by Gasteiger charge is -2.21. The van der Waals surface area contributed by atoms with Crippen molar-refractivity contribution in [3.8, 4) is 11.8 Å². The van der Waals surface area contributed by atoms with Crippen molar-refractivity contribution in [3.63, 3.8) is 0 Å². The largest absolute Gasteiger partial charge is 0.491 e. The van der Waals surface area contributed by atoms with E-state index in [4.69, 9.17) is 10.00 Å². The Kier molecular flexibility index (Phi) is 3.21. The van der Waals surface area contributed by atoms with Crippen molar-refractivity contribution >= 4 is 11.6 Å². The fourth-order valence-corrected chi connectivity index (χ4v) is 2.27. The van der Waals surface area contributed by atoms with Gasteiger partial charge in [-0.05, 0) is 31.5 Å². The zero-order valence-corrected chi connectivity index (χ0v) is 11.2. The van der Waals surface area contributed by atoms with E-state index in [1.165, 1.54) is 0 Å². The van der Waals surface area contributed by atoms with Gasteiger partial charge in [-0.25, -0.2) is 9.97 Å². The Balaban J connectivity index is 2.10. The van der Waals surface area contributed by atoms with Crippen molar-refractivity contribution in [2.45, 2.75) is 13.3 Å². The number of hydrogen-bond donors (Lipinski definition) is 0. The minimum absolute atomic E-state index is 0.384. The van der Waals surface area contributed by atoms with E-state index in [0.29, 0.717) is 18.2 Å². The summed E-state index contributed by atoms with van der Waals surface area (Å²) in [7, 11) is 0. The molecule has 0 unspecified atom stereocenters. The van der Waals surface area contributed by atoms with Gasteiger partial charge in [0.1, 0.15) is 17.5 Å². The molecule has 0 aliphatic carbocycles. The van der Waals surface area contributed by atoms with Crippen LogP contribution < -0.4 is 9.64 Å². The number of ether oxygens (including phenoxy) is 1. The van der Waals surface area contributed by atoms with Crippen LogP contribution in [0.3, 0.4) is 0 Å². The molecule has 5 heteroatoms. The maximum absolute atomic E-state index is 9.05. The van der Waals surface area contributed by atoms with Crippen LogP contribution in [0.2, 0.25) is 0 Å². The Bertz CT molecular complexity index is 678. The molecule has 1 aliphatic rings. The Morgan fingerprint density at radius 3 is 3.00 bits per heavy atom. The number of benzene rings is 1. The molecule has 0 spiro atoms. The van der Waals surface area contributed by atoms with Crippen LogP contribution >= 0.6 is 0 Å². The first-order chi connectivity index (χ1) is 9.78. The summed E-state index contributed by atoms with van der Waals surface area (Å²) in [4.78, 5) is 10.8. The molecule has 0 amide bonds. The molecule has 1 aliphatic heterocycles. The summed E-state index contributed by atoms with van der Waals surface area (Å²) in [6, 6.07) is 11.6. The fourth-order valence-electron chi connectivity index (χ4n) is 2.27. The van der Waals surface area contributed by atoms with Gasteiger partial charge in [0, 0.05) is 12.2 Å². The zero-order valence-electron chi connectivity index (χ0n) is 11.2. The molecule has 5 nitrogen and oxygen atoms in total. The van der Waals surface area contributed by atoms with Crippen LogP contribution in [-0.2, 0) is 0 Å². The van der Waals surface area contributed by atoms with E-state index in [9.17, 15) is 0 Å². The first kappa shape index (κ1) is 12.4. The molecule has 0 atom stereocenters. The summed E-state index contributed by atoms with van der Waals surface area (Å²) in [5, 5.41) is 9.05. The minimum atomic E-state index is 0.384. The quantitative estimate of drug-likeness (QED) is 0.793. The van der Waals surface area contributed by atoms with Crippen molar-refractivity contribution in [3.05, 3.63) is 41.7 Å². The lowest BCUT2D eigenvalue weighted by atomic mass is 10.2. The topological polar surface area (TPSA) is 62.0 Å². The Hall–Kier alpha value is -2.61. The zero-order chi connectivity index (χ0) is 13.9. The second kappa shape index (κ2) is 5.17. The van der Waals surface area contributed by atoms with Gasteiger partial charge >= 0.3 is 0 Å². The first-order valence-corrected chi connectivity index (χ1v) is 6.53. The van der Waals surface area contributed by atoms with E-state index >= 15 is 0 Å². The summed E-state index contributed by atoms with van der Waals surface area (Å²) < 4.78 is 5.72. The highest BCUT2D eigenvalue weighted by molar-refractivity contribution is 5.66. The molecule has 2 aromatic rings.